The zero-order valence-corrected chi connectivity index (χ0v) is 15.8. The van der Waals surface area contributed by atoms with E-state index in [4.69, 9.17) is 9.47 Å². The van der Waals surface area contributed by atoms with Gasteiger partial charge >= 0.3 is 11.9 Å². The molecule has 0 aromatic carbocycles. The number of hydrogen-bond acceptors (Lipinski definition) is 8. The zero-order chi connectivity index (χ0) is 16.8. The van der Waals surface area contributed by atoms with Gasteiger partial charge in [-0.3, -0.25) is 0 Å². The van der Waals surface area contributed by atoms with E-state index in [1.165, 1.54) is 58.6 Å². The number of methoxy groups -OCH3 is 2. The highest BCUT2D eigenvalue weighted by Crippen LogP contribution is 2.59. The SMILES string of the molecule is COC(=O)C1=C(C(=O)OC)SC(=C2c3sccc3-c3ccsc32)S1. The van der Waals surface area contributed by atoms with Crippen LogP contribution in [-0.2, 0) is 19.1 Å². The lowest BCUT2D eigenvalue weighted by Gasteiger charge is -2.04. The largest absolute Gasteiger partial charge is 0.465 e. The van der Waals surface area contributed by atoms with Gasteiger partial charge < -0.3 is 9.47 Å². The van der Waals surface area contributed by atoms with Gasteiger partial charge in [0.05, 0.1) is 18.5 Å². The summed E-state index contributed by atoms with van der Waals surface area (Å²) in [5.74, 6) is -1.03. The molecular weight excluding hydrogens is 384 g/mol. The smallest absolute Gasteiger partial charge is 0.346 e. The first kappa shape index (κ1) is 16.0. The second-order valence-corrected chi connectivity index (χ2v) is 8.97. The molecule has 0 unspecified atom stereocenters. The molecule has 0 bridgehead atoms. The minimum Gasteiger partial charge on any atom is -0.465 e. The summed E-state index contributed by atoms with van der Waals surface area (Å²) >= 11 is 5.91. The minimum absolute atomic E-state index is 0.292. The second kappa shape index (κ2) is 6.11. The molecule has 0 saturated heterocycles. The normalized spacial score (nSPS) is 15.6. The Kier molecular flexibility index (Phi) is 4.07. The quantitative estimate of drug-likeness (QED) is 0.595. The Bertz CT molecular complexity index is 859. The molecule has 2 aliphatic rings. The van der Waals surface area contributed by atoms with Gasteiger partial charge in [-0.05, 0) is 22.9 Å². The van der Waals surface area contributed by atoms with Crippen LogP contribution in [0.2, 0.25) is 0 Å². The van der Waals surface area contributed by atoms with Crippen LogP contribution in [-0.4, -0.2) is 26.2 Å². The third-order valence-corrected chi connectivity index (χ3v) is 8.04. The molecule has 1 aliphatic heterocycles. The van der Waals surface area contributed by atoms with Crippen molar-refractivity contribution >= 4 is 63.7 Å². The summed E-state index contributed by atoms with van der Waals surface area (Å²) in [5, 5.41) is 4.12. The molecule has 2 aromatic heterocycles. The van der Waals surface area contributed by atoms with Crippen LogP contribution < -0.4 is 0 Å². The van der Waals surface area contributed by atoms with E-state index in [-0.39, 0.29) is 0 Å². The molecule has 4 rings (SSSR count). The number of hydrogen-bond donors (Lipinski definition) is 0. The van der Waals surface area contributed by atoms with Crippen LogP contribution in [0.3, 0.4) is 0 Å². The number of esters is 2. The zero-order valence-electron chi connectivity index (χ0n) is 12.6. The molecule has 3 heterocycles. The van der Waals surface area contributed by atoms with Crippen molar-refractivity contribution in [2.75, 3.05) is 14.2 Å². The molecule has 122 valence electrons. The maximum absolute atomic E-state index is 12.1. The van der Waals surface area contributed by atoms with E-state index in [0.29, 0.717) is 9.81 Å². The van der Waals surface area contributed by atoms with Crippen LogP contribution in [0.15, 0.2) is 36.9 Å². The van der Waals surface area contributed by atoms with Gasteiger partial charge in [-0.1, -0.05) is 23.5 Å². The molecule has 0 amide bonds. The van der Waals surface area contributed by atoms with Crippen LogP contribution in [0.5, 0.6) is 0 Å². The van der Waals surface area contributed by atoms with Gasteiger partial charge in [0.1, 0.15) is 9.81 Å². The standard InChI is InChI=1S/C16H10O4S4/c1-19-14(17)12-13(15(18)20-2)24-16(23-12)9-10-7(3-5-21-10)8-4-6-22-11(8)9/h3-6H,1-2H3. The van der Waals surface area contributed by atoms with Gasteiger partial charge in [0.2, 0.25) is 0 Å². The number of thiophene rings is 2. The molecule has 4 nitrogen and oxygen atoms in total. The first-order valence-electron chi connectivity index (χ1n) is 6.82. The van der Waals surface area contributed by atoms with Crippen LogP contribution in [0.1, 0.15) is 9.75 Å². The molecule has 2 aromatic rings. The van der Waals surface area contributed by atoms with Gasteiger partial charge in [0, 0.05) is 26.5 Å². The highest BCUT2D eigenvalue weighted by Gasteiger charge is 2.37. The van der Waals surface area contributed by atoms with E-state index < -0.39 is 11.9 Å². The number of carbonyl (C=O) groups excluding carboxylic acids is 2. The topological polar surface area (TPSA) is 52.6 Å². The lowest BCUT2D eigenvalue weighted by Crippen LogP contribution is -2.08. The fourth-order valence-corrected chi connectivity index (χ4v) is 7.42. The Morgan fingerprint density at radius 1 is 0.833 bits per heavy atom. The van der Waals surface area contributed by atoms with Gasteiger partial charge in [0.15, 0.2) is 0 Å². The lowest BCUT2D eigenvalue weighted by atomic mass is 10.2. The third kappa shape index (κ3) is 2.28. The summed E-state index contributed by atoms with van der Waals surface area (Å²) < 4.78 is 10.6. The number of thioether (sulfide) groups is 2. The van der Waals surface area contributed by atoms with Crippen LogP contribution in [0.4, 0.5) is 0 Å². The number of rotatable bonds is 2. The van der Waals surface area contributed by atoms with E-state index in [9.17, 15) is 9.59 Å². The molecule has 0 radical (unpaired) electrons. The highest BCUT2D eigenvalue weighted by atomic mass is 32.2. The van der Waals surface area contributed by atoms with Gasteiger partial charge in [0.25, 0.3) is 0 Å². The second-order valence-electron chi connectivity index (χ2n) is 4.83. The summed E-state index contributed by atoms with van der Waals surface area (Å²) in [6.07, 6.45) is 0. The van der Waals surface area contributed by atoms with Gasteiger partial charge in [-0.15, -0.1) is 22.7 Å². The average molecular weight is 395 g/mol. The molecule has 1 aliphatic carbocycles. The first-order valence-corrected chi connectivity index (χ1v) is 10.2. The van der Waals surface area contributed by atoms with Crippen molar-refractivity contribution < 1.29 is 19.1 Å². The van der Waals surface area contributed by atoms with Gasteiger partial charge in [-0.25, -0.2) is 9.59 Å². The molecule has 0 N–H and O–H groups in total. The fourth-order valence-electron chi connectivity index (χ4n) is 2.57. The van der Waals surface area contributed by atoms with Gasteiger partial charge in [-0.2, -0.15) is 0 Å². The van der Waals surface area contributed by atoms with Crippen LogP contribution in [0, 0.1) is 0 Å². The molecular formula is C16H10O4S4. The summed E-state index contributed by atoms with van der Waals surface area (Å²) in [4.78, 5) is 27.1. The predicted molar refractivity (Wildman–Crippen MR) is 99.9 cm³/mol. The van der Waals surface area contributed by atoms with Crippen molar-refractivity contribution in [3.8, 4) is 11.1 Å². The average Bonchev–Trinajstić information content (AvgIpc) is 3.33. The maximum atomic E-state index is 12.1. The Hall–Kier alpha value is -1.48. The Morgan fingerprint density at radius 2 is 1.29 bits per heavy atom. The summed E-state index contributed by atoms with van der Waals surface area (Å²) in [5.41, 5.74) is 3.53. The molecule has 8 heteroatoms. The van der Waals surface area contributed by atoms with Crippen molar-refractivity contribution in [2.24, 2.45) is 0 Å². The summed E-state index contributed by atoms with van der Waals surface area (Å²) in [6.45, 7) is 0. The molecule has 0 saturated carbocycles. The van der Waals surface area contributed by atoms with E-state index in [1.807, 2.05) is 0 Å². The third-order valence-electron chi connectivity index (χ3n) is 3.62. The van der Waals surface area contributed by atoms with Crippen molar-refractivity contribution in [1.29, 1.82) is 0 Å². The van der Waals surface area contributed by atoms with Crippen molar-refractivity contribution in [2.45, 2.75) is 0 Å². The maximum Gasteiger partial charge on any atom is 0.346 e. The van der Waals surface area contributed by atoms with E-state index in [1.54, 1.807) is 22.7 Å². The Labute approximate surface area is 154 Å². The van der Waals surface area contributed by atoms with Crippen molar-refractivity contribution in [3.05, 3.63) is 46.7 Å². The molecule has 24 heavy (non-hydrogen) atoms. The molecule has 0 spiro atoms. The summed E-state index contributed by atoms with van der Waals surface area (Å²) in [6, 6.07) is 4.22. The molecule has 0 atom stereocenters. The number of fused-ring (bicyclic) bond motifs is 3. The fraction of sp³-hybridized carbons (Fsp3) is 0.125. The Balaban J connectivity index is 1.85. The number of ether oxygens (including phenoxy) is 2. The van der Waals surface area contributed by atoms with E-state index in [2.05, 4.69) is 22.9 Å². The van der Waals surface area contributed by atoms with Crippen molar-refractivity contribution in [1.82, 2.24) is 0 Å². The predicted octanol–water partition coefficient (Wildman–Crippen LogP) is 4.54. The van der Waals surface area contributed by atoms with Crippen molar-refractivity contribution in [3.63, 3.8) is 0 Å². The monoisotopic (exact) mass is 394 g/mol. The number of carbonyl (C=O) groups is 2. The Morgan fingerprint density at radius 3 is 1.71 bits per heavy atom. The van der Waals surface area contributed by atoms with Crippen LogP contribution >= 0.6 is 46.2 Å². The first-order chi connectivity index (χ1) is 11.7. The minimum atomic E-state index is -0.515. The summed E-state index contributed by atoms with van der Waals surface area (Å²) in [7, 11) is 2.62. The van der Waals surface area contributed by atoms with E-state index >= 15 is 0 Å². The van der Waals surface area contributed by atoms with E-state index in [0.717, 1.165) is 9.81 Å². The van der Waals surface area contributed by atoms with Crippen LogP contribution in [0.25, 0.3) is 16.7 Å². The lowest BCUT2D eigenvalue weighted by molar-refractivity contribution is -0.138. The molecule has 0 fully saturated rings. The highest BCUT2D eigenvalue weighted by molar-refractivity contribution is 8.29.